The van der Waals surface area contributed by atoms with Gasteiger partial charge in [-0.3, -0.25) is 10.1 Å². The minimum Gasteiger partial charge on any atom is -0.302 e. The Balaban J connectivity index is 3.07. The van der Waals surface area contributed by atoms with Gasteiger partial charge in [0.1, 0.15) is 12.1 Å². The number of hydrogen-bond donors (Lipinski definition) is 0. The third kappa shape index (κ3) is 2.88. The van der Waals surface area contributed by atoms with Gasteiger partial charge in [-0.05, 0) is 6.07 Å². The average molecular weight is 207 g/mol. The zero-order chi connectivity index (χ0) is 11.3. The summed E-state index contributed by atoms with van der Waals surface area (Å²) in [4.78, 5) is 19.7. The highest BCUT2D eigenvalue weighted by molar-refractivity contribution is 5.55. The number of nitrogens with zero attached hydrogens (tertiary/aromatic N) is 1. The maximum atomic E-state index is 13.0. The van der Waals surface area contributed by atoms with Crippen LogP contribution in [0.25, 0.3) is 0 Å². The van der Waals surface area contributed by atoms with Gasteiger partial charge in [0, 0.05) is 12.1 Å². The number of non-ortho nitro benzene ring substituents is 1. The fourth-order valence-corrected chi connectivity index (χ4v) is 0.911. The van der Waals surface area contributed by atoms with Crippen molar-refractivity contribution in [2.45, 2.75) is 6.42 Å². The molecule has 0 fully saturated rings. The second-order valence-electron chi connectivity index (χ2n) is 2.59. The van der Waals surface area contributed by atoms with Gasteiger partial charge in [-0.2, -0.15) is 0 Å². The lowest BCUT2D eigenvalue weighted by Crippen LogP contribution is -1.91. The highest BCUT2D eigenvalue weighted by atomic mass is 19.1. The molecule has 0 atom stereocenters. The van der Waals surface area contributed by atoms with Crippen LogP contribution in [0.4, 0.5) is 10.1 Å². The fourth-order valence-electron chi connectivity index (χ4n) is 0.911. The van der Waals surface area contributed by atoms with Crippen LogP contribution in [0.15, 0.2) is 18.2 Å². The Morgan fingerprint density at radius 3 is 2.87 bits per heavy atom. The van der Waals surface area contributed by atoms with Gasteiger partial charge in [-0.1, -0.05) is 11.8 Å². The molecular weight excluding hydrogens is 201 g/mol. The molecule has 0 aliphatic heterocycles. The van der Waals surface area contributed by atoms with E-state index < -0.39 is 10.7 Å². The van der Waals surface area contributed by atoms with E-state index in [1.54, 1.807) is 0 Å². The van der Waals surface area contributed by atoms with E-state index >= 15 is 0 Å². The predicted octanol–water partition coefficient (Wildman–Crippen LogP) is 1.67. The topological polar surface area (TPSA) is 60.2 Å². The third-order valence-corrected chi connectivity index (χ3v) is 1.57. The zero-order valence-electron chi connectivity index (χ0n) is 7.57. The number of benzene rings is 1. The number of carbonyl (C=O) groups is 1. The second kappa shape index (κ2) is 4.86. The van der Waals surface area contributed by atoms with Crippen LogP contribution in [-0.4, -0.2) is 11.2 Å². The van der Waals surface area contributed by atoms with Crippen molar-refractivity contribution in [2.75, 3.05) is 0 Å². The molecule has 5 heteroatoms. The van der Waals surface area contributed by atoms with Gasteiger partial charge in [0.05, 0.1) is 16.9 Å². The van der Waals surface area contributed by atoms with Crippen LogP contribution in [0.2, 0.25) is 0 Å². The largest absolute Gasteiger partial charge is 0.302 e. The van der Waals surface area contributed by atoms with E-state index in [0.29, 0.717) is 6.29 Å². The first-order valence-corrected chi connectivity index (χ1v) is 4.01. The van der Waals surface area contributed by atoms with E-state index in [1.807, 2.05) is 0 Å². The van der Waals surface area contributed by atoms with Crippen molar-refractivity contribution in [1.29, 1.82) is 0 Å². The Morgan fingerprint density at radius 1 is 1.53 bits per heavy atom. The number of halogens is 1. The number of hydrogen-bond acceptors (Lipinski definition) is 3. The molecule has 0 saturated heterocycles. The van der Waals surface area contributed by atoms with Crippen LogP contribution in [0.5, 0.6) is 0 Å². The summed E-state index contributed by atoms with van der Waals surface area (Å²) in [7, 11) is 0. The Bertz CT molecular complexity index is 459. The monoisotopic (exact) mass is 207 g/mol. The second-order valence-corrected chi connectivity index (χ2v) is 2.59. The van der Waals surface area contributed by atoms with E-state index in [9.17, 15) is 19.3 Å². The molecule has 15 heavy (non-hydrogen) atoms. The Labute approximate surface area is 84.9 Å². The quantitative estimate of drug-likeness (QED) is 0.321. The highest BCUT2D eigenvalue weighted by Crippen LogP contribution is 2.15. The lowest BCUT2D eigenvalue weighted by Gasteiger charge is -1.94. The first-order valence-electron chi connectivity index (χ1n) is 4.01. The summed E-state index contributed by atoms with van der Waals surface area (Å²) in [5.74, 6) is 4.09. The number of nitro benzene ring substituents is 1. The lowest BCUT2D eigenvalue weighted by atomic mass is 10.2. The first kappa shape index (κ1) is 10.9. The van der Waals surface area contributed by atoms with E-state index in [1.165, 1.54) is 0 Å². The van der Waals surface area contributed by atoms with Gasteiger partial charge < -0.3 is 4.79 Å². The van der Waals surface area contributed by atoms with E-state index in [4.69, 9.17) is 0 Å². The Morgan fingerprint density at radius 2 is 2.27 bits per heavy atom. The number of aldehydes is 1. The summed E-state index contributed by atoms with van der Waals surface area (Å²) in [5.41, 5.74) is -0.308. The molecule has 0 unspecified atom stereocenters. The normalized spacial score (nSPS) is 8.87. The Hall–Kier alpha value is -2.22. The number of nitro groups is 1. The first-order chi connectivity index (χ1) is 7.15. The van der Waals surface area contributed by atoms with E-state index in [-0.39, 0.29) is 17.7 Å². The molecule has 0 spiro atoms. The molecular formula is C10H6FNO3. The van der Waals surface area contributed by atoms with Crippen LogP contribution < -0.4 is 0 Å². The van der Waals surface area contributed by atoms with Crippen molar-refractivity contribution >= 4 is 12.0 Å². The molecule has 0 aliphatic carbocycles. The molecule has 0 amide bonds. The van der Waals surface area contributed by atoms with Crippen LogP contribution in [0, 0.1) is 27.8 Å². The van der Waals surface area contributed by atoms with Crippen molar-refractivity contribution < 1.29 is 14.1 Å². The maximum absolute atomic E-state index is 13.0. The number of carbonyl (C=O) groups excluding carboxylic acids is 1. The van der Waals surface area contributed by atoms with Crippen LogP contribution in [0.3, 0.4) is 0 Å². The summed E-state index contributed by atoms with van der Waals surface area (Å²) in [6, 6.07) is 3.07. The van der Waals surface area contributed by atoms with Gasteiger partial charge in [0.25, 0.3) is 5.69 Å². The summed E-state index contributed by atoms with van der Waals surface area (Å²) in [5, 5.41) is 10.4. The molecule has 4 nitrogen and oxygen atoms in total. The van der Waals surface area contributed by atoms with Gasteiger partial charge in [-0.25, -0.2) is 4.39 Å². The maximum Gasteiger partial charge on any atom is 0.270 e. The molecule has 1 aromatic rings. The minimum absolute atomic E-state index is 0.0257. The van der Waals surface area contributed by atoms with Gasteiger partial charge in [-0.15, -0.1) is 0 Å². The highest BCUT2D eigenvalue weighted by Gasteiger charge is 2.08. The van der Waals surface area contributed by atoms with Gasteiger partial charge in [0.15, 0.2) is 0 Å². The zero-order valence-corrected chi connectivity index (χ0v) is 7.57. The number of rotatable bonds is 2. The minimum atomic E-state index is -0.640. The van der Waals surface area contributed by atoms with Crippen molar-refractivity contribution in [3.63, 3.8) is 0 Å². The third-order valence-electron chi connectivity index (χ3n) is 1.57. The SMILES string of the molecule is O=CCC#Cc1cc([N+](=O)[O-])ccc1F. The molecule has 0 saturated carbocycles. The molecule has 0 N–H and O–H groups in total. The summed E-state index contributed by atoms with van der Waals surface area (Å²) >= 11 is 0. The summed E-state index contributed by atoms with van der Waals surface area (Å²) in [6.45, 7) is 0. The van der Waals surface area contributed by atoms with Crippen molar-refractivity contribution in [2.24, 2.45) is 0 Å². The van der Waals surface area contributed by atoms with Crippen molar-refractivity contribution in [1.82, 2.24) is 0 Å². The molecule has 76 valence electrons. The molecule has 1 aromatic carbocycles. The van der Waals surface area contributed by atoms with Crippen LogP contribution in [-0.2, 0) is 4.79 Å². The molecule has 0 aromatic heterocycles. The molecule has 0 bridgehead atoms. The van der Waals surface area contributed by atoms with Gasteiger partial charge >= 0.3 is 0 Å². The average Bonchev–Trinajstić information content (AvgIpc) is 2.20. The van der Waals surface area contributed by atoms with E-state index in [2.05, 4.69) is 11.8 Å². The van der Waals surface area contributed by atoms with Crippen LogP contribution >= 0.6 is 0 Å². The molecule has 0 radical (unpaired) electrons. The molecule has 0 heterocycles. The summed E-state index contributed by atoms with van der Waals surface area (Å²) < 4.78 is 13.0. The van der Waals surface area contributed by atoms with Gasteiger partial charge in [0.2, 0.25) is 0 Å². The van der Waals surface area contributed by atoms with E-state index in [0.717, 1.165) is 18.2 Å². The van der Waals surface area contributed by atoms with Crippen molar-refractivity contribution in [3.05, 3.63) is 39.7 Å². The predicted molar refractivity (Wildman–Crippen MR) is 50.6 cm³/mol. The molecule has 0 aliphatic rings. The standard InChI is InChI=1S/C10H6FNO3/c11-10-5-4-9(12(14)15)7-8(10)3-1-2-6-13/h4-7H,2H2. The molecule has 1 rings (SSSR count). The smallest absolute Gasteiger partial charge is 0.270 e. The van der Waals surface area contributed by atoms with Crippen LogP contribution in [0.1, 0.15) is 12.0 Å². The van der Waals surface area contributed by atoms with Crippen molar-refractivity contribution in [3.8, 4) is 11.8 Å². The fraction of sp³-hybridized carbons (Fsp3) is 0.100. The lowest BCUT2D eigenvalue weighted by molar-refractivity contribution is -0.384. The Kier molecular flexibility index (Phi) is 3.52. The summed E-state index contributed by atoms with van der Waals surface area (Å²) in [6.07, 6.45) is 0.546.